The number of benzene rings is 2. The molecule has 162 valence electrons. The van der Waals surface area contributed by atoms with Gasteiger partial charge in [0.05, 0.1) is 0 Å². The summed E-state index contributed by atoms with van der Waals surface area (Å²) < 4.78 is 56.1. The van der Waals surface area contributed by atoms with Crippen LogP contribution in [0.2, 0.25) is 0 Å². The van der Waals surface area contributed by atoms with Crippen molar-refractivity contribution in [2.24, 2.45) is 4.99 Å². The molecule has 2 aromatic rings. The number of carbonyl (C=O) groups is 2. The Morgan fingerprint density at radius 1 is 1.03 bits per heavy atom. The maximum Gasteiger partial charge on any atom is 0.442 e. The molecule has 9 heteroatoms. The summed E-state index contributed by atoms with van der Waals surface area (Å²) in [6, 6.07) is 11.7. The molecule has 1 atom stereocenters. The first-order valence-corrected chi connectivity index (χ1v) is 9.87. The van der Waals surface area contributed by atoms with Crippen LogP contribution in [0.5, 0.6) is 0 Å². The molecule has 1 saturated carbocycles. The number of hydrogen-bond donors (Lipinski definition) is 1. The van der Waals surface area contributed by atoms with Crippen molar-refractivity contribution in [2.75, 3.05) is 0 Å². The molecule has 4 rings (SSSR count). The summed E-state index contributed by atoms with van der Waals surface area (Å²) in [5, 5.41) is 1.81. The van der Waals surface area contributed by atoms with Gasteiger partial charge in [-0.2, -0.15) is 13.2 Å². The number of alkyl halides is 3. The van der Waals surface area contributed by atoms with E-state index < -0.39 is 35.5 Å². The minimum Gasteiger partial charge on any atom is -0.312 e. The molecule has 1 heterocycles. The molecule has 31 heavy (non-hydrogen) atoms. The first-order valence-electron chi connectivity index (χ1n) is 9.87. The Morgan fingerprint density at radius 2 is 1.65 bits per heavy atom. The lowest BCUT2D eigenvalue weighted by molar-refractivity contribution is -0.196. The maximum atomic E-state index is 14.3. The van der Waals surface area contributed by atoms with Crippen LogP contribution < -0.4 is 5.32 Å². The van der Waals surface area contributed by atoms with Gasteiger partial charge in [-0.25, -0.2) is 9.38 Å². The molecule has 0 bridgehead atoms. The van der Waals surface area contributed by atoms with Crippen molar-refractivity contribution in [3.63, 3.8) is 0 Å². The molecule has 2 aliphatic rings. The Bertz CT molecular complexity index is 1020. The van der Waals surface area contributed by atoms with E-state index in [1.54, 1.807) is 35.6 Å². The quantitative estimate of drug-likeness (QED) is 0.740. The maximum absolute atomic E-state index is 14.3. The van der Waals surface area contributed by atoms with Crippen LogP contribution in [0.15, 0.2) is 59.6 Å². The Kier molecular flexibility index (Phi) is 5.28. The number of aliphatic imine (C=N–C) groups is 1. The number of amides is 2. The minimum absolute atomic E-state index is 0.116. The third-order valence-electron chi connectivity index (χ3n) is 5.56. The van der Waals surface area contributed by atoms with E-state index in [4.69, 9.17) is 0 Å². The van der Waals surface area contributed by atoms with E-state index in [2.05, 4.69) is 4.99 Å². The molecule has 5 nitrogen and oxygen atoms in total. The van der Waals surface area contributed by atoms with Gasteiger partial charge in [-0.3, -0.25) is 14.5 Å². The summed E-state index contributed by atoms with van der Waals surface area (Å²) in [7, 11) is 0. The van der Waals surface area contributed by atoms with E-state index in [-0.39, 0.29) is 11.4 Å². The summed E-state index contributed by atoms with van der Waals surface area (Å²) in [5.74, 6) is -3.26. The molecule has 0 radical (unpaired) electrons. The van der Waals surface area contributed by atoms with E-state index in [9.17, 15) is 27.2 Å². The van der Waals surface area contributed by atoms with Crippen LogP contribution in [0.4, 0.5) is 17.6 Å². The monoisotopic (exact) mass is 433 g/mol. The highest BCUT2D eigenvalue weighted by Crippen LogP contribution is 2.41. The average molecular weight is 433 g/mol. The van der Waals surface area contributed by atoms with Crippen LogP contribution in [0.25, 0.3) is 0 Å². The smallest absolute Gasteiger partial charge is 0.312 e. The molecule has 1 unspecified atom stereocenters. The van der Waals surface area contributed by atoms with Crippen molar-refractivity contribution in [2.45, 2.75) is 43.6 Å². The summed E-state index contributed by atoms with van der Waals surface area (Å²) in [6.45, 7) is 0. The standard InChI is InChI=1S/C22H19F4N3O2/c23-16-12-10-15(11-13-16)19(30)28-21(22(24,25)26)20(31)29(17-8-4-5-9-17)18(27-21)14-6-2-1-3-7-14/h1-3,6-7,10-13,17H,4-5,8-9H2,(H,28,30). The van der Waals surface area contributed by atoms with Crippen LogP contribution >= 0.6 is 0 Å². The molecular formula is C22H19F4N3O2. The summed E-state index contributed by atoms with van der Waals surface area (Å²) in [5.41, 5.74) is -3.31. The van der Waals surface area contributed by atoms with Gasteiger partial charge in [-0.05, 0) is 37.1 Å². The Balaban J connectivity index is 1.80. The third-order valence-corrected chi connectivity index (χ3v) is 5.56. The molecule has 1 aliphatic carbocycles. The van der Waals surface area contributed by atoms with Crippen LogP contribution in [0.3, 0.4) is 0 Å². The van der Waals surface area contributed by atoms with Crippen LogP contribution in [-0.2, 0) is 4.79 Å². The second kappa shape index (κ2) is 7.79. The third kappa shape index (κ3) is 3.68. The van der Waals surface area contributed by atoms with E-state index in [1.807, 2.05) is 0 Å². The zero-order chi connectivity index (χ0) is 22.2. The Labute approximate surface area is 175 Å². The van der Waals surface area contributed by atoms with Crippen molar-refractivity contribution in [1.29, 1.82) is 0 Å². The van der Waals surface area contributed by atoms with Gasteiger partial charge in [-0.1, -0.05) is 43.2 Å². The topological polar surface area (TPSA) is 61.8 Å². The van der Waals surface area contributed by atoms with Crippen molar-refractivity contribution >= 4 is 17.6 Å². The van der Waals surface area contributed by atoms with E-state index in [1.165, 1.54) is 0 Å². The van der Waals surface area contributed by atoms with Gasteiger partial charge in [0.1, 0.15) is 11.7 Å². The molecule has 1 fully saturated rings. The fraction of sp³-hybridized carbons (Fsp3) is 0.318. The molecule has 0 spiro atoms. The first kappa shape index (κ1) is 21.0. The zero-order valence-electron chi connectivity index (χ0n) is 16.3. The van der Waals surface area contributed by atoms with Gasteiger partial charge in [0.15, 0.2) is 0 Å². The number of amidine groups is 1. The summed E-state index contributed by atoms with van der Waals surface area (Å²) in [4.78, 5) is 30.8. The second-order valence-electron chi connectivity index (χ2n) is 7.58. The highest BCUT2D eigenvalue weighted by molar-refractivity contribution is 6.17. The van der Waals surface area contributed by atoms with Gasteiger partial charge < -0.3 is 5.32 Å². The number of nitrogens with zero attached hydrogens (tertiary/aromatic N) is 2. The number of carbonyl (C=O) groups excluding carboxylic acids is 2. The molecule has 1 aliphatic heterocycles. The summed E-state index contributed by atoms with van der Waals surface area (Å²) >= 11 is 0. The molecule has 0 saturated heterocycles. The van der Waals surface area contributed by atoms with Crippen LogP contribution in [0, 0.1) is 5.82 Å². The summed E-state index contributed by atoms with van der Waals surface area (Å²) in [6.07, 6.45) is -2.50. The van der Waals surface area contributed by atoms with Crippen molar-refractivity contribution in [3.05, 3.63) is 71.5 Å². The van der Waals surface area contributed by atoms with Gasteiger partial charge >= 0.3 is 11.8 Å². The van der Waals surface area contributed by atoms with Crippen molar-refractivity contribution in [3.8, 4) is 0 Å². The fourth-order valence-corrected chi connectivity index (χ4v) is 4.00. The number of nitrogens with one attached hydrogen (secondary N) is 1. The highest BCUT2D eigenvalue weighted by Gasteiger charge is 2.68. The number of hydrogen-bond acceptors (Lipinski definition) is 3. The highest BCUT2D eigenvalue weighted by atomic mass is 19.4. The lowest BCUT2D eigenvalue weighted by atomic mass is 10.1. The SMILES string of the molecule is O=C(NC1(C(F)(F)F)N=C(c2ccccc2)N(C2CCCC2)C1=O)c1ccc(F)cc1. The van der Waals surface area contributed by atoms with Crippen molar-refractivity contribution < 1.29 is 27.2 Å². The van der Waals surface area contributed by atoms with Gasteiger partial charge in [0.25, 0.3) is 11.8 Å². The first-order chi connectivity index (χ1) is 14.7. The lowest BCUT2D eigenvalue weighted by Crippen LogP contribution is -2.64. The van der Waals surface area contributed by atoms with Gasteiger partial charge in [0.2, 0.25) is 0 Å². The largest absolute Gasteiger partial charge is 0.442 e. The fourth-order valence-electron chi connectivity index (χ4n) is 4.00. The van der Waals surface area contributed by atoms with E-state index >= 15 is 0 Å². The Hall–Kier alpha value is -3.23. The number of halogens is 4. The molecule has 2 aromatic carbocycles. The predicted octanol–water partition coefficient (Wildman–Crippen LogP) is 4.05. The van der Waals surface area contributed by atoms with E-state index in [0.29, 0.717) is 18.4 Å². The van der Waals surface area contributed by atoms with Gasteiger partial charge in [0, 0.05) is 17.2 Å². The average Bonchev–Trinajstić information content (AvgIpc) is 3.36. The minimum atomic E-state index is -5.19. The van der Waals surface area contributed by atoms with Crippen LogP contribution in [0.1, 0.15) is 41.6 Å². The van der Waals surface area contributed by atoms with E-state index in [0.717, 1.165) is 42.0 Å². The normalized spacial score (nSPS) is 22.0. The molecule has 1 N–H and O–H groups in total. The molecule has 0 aromatic heterocycles. The Morgan fingerprint density at radius 3 is 2.23 bits per heavy atom. The lowest BCUT2D eigenvalue weighted by Gasteiger charge is -2.31. The second-order valence-corrected chi connectivity index (χ2v) is 7.58. The van der Waals surface area contributed by atoms with Crippen molar-refractivity contribution in [1.82, 2.24) is 10.2 Å². The number of rotatable bonds is 4. The van der Waals surface area contributed by atoms with Gasteiger partial charge in [-0.15, -0.1) is 0 Å². The predicted molar refractivity (Wildman–Crippen MR) is 105 cm³/mol. The molecule has 2 amide bonds. The van der Waals surface area contributed by atoms with Crippen LogP contribution in [-0.4, -0.2) is 40.4 Å². The molecular weight excluding hydrogens is 414 g/mol. The zero-order valence-corrected chi connectivity index (χ0v) is 16.3.